The van der Waals surface area contributed by atoms with Gasteiger partial charge in [0.1, 0.15) is 5.76 Å². The minimum Gasteiger partial charge on any atom is -0.455 e. The number of furan rings is 1. The predicted octanol–water partition coefficient (Wildman–Crippen LogP) is 5.21. The molecule has 3 aromatic rings. The highest BCUT2D eigenvalue weighted by atomic mass is 79.9. The van der Waals surface area contributed by atoms with Gasteiger partial charge in [0.15, 0.2) is 5.76 Å². The molecule has 0 fully saturated rings. The SMILES string of the molecule is Cc1c(C(=O)NNC(=O)c2ccc(Br)cc2)oc2c1/C(=N\Nc1ccccc1)CC(C)(C)C2. The van der Waals surface area contributed by atoms with Gasteiger partial charge >= 0.3 is 5.91 Å². The number of hydrogen-bond donors (Lipinski definition) is 3. The standard InChI is InChI=1S/C25H25BrN4O3/c1-15-21-19(28-27-18-7-5-4-6-8-18)13-25(2,3)14-20(21)33-22(15)24(32)30-29-23(31)16-9-11-17(26)12-10-16/h4-12,27H,13-14H2,1-3H3,(H,29,31)(H,30,32)/b28-19-. The first-order valence-corrected chi connectivity index (χ1v) is 11.4. The van der Waals surface area contributed by atoms with Crippen molar-refractivity contribution in [2.24, 2.45) is 10.5 Å². The van der Waals surface area contributed by atoms with Gasteiger partial charge in [0.2, 0.25) is 0 Å². The summed E-state index contributed by atoms with van der Waals surface area (Å²) in [5, 5.41) is 4.65. The summed E-state index contributed by atoms with van der Waals surface area (Å²) in [6.07, 6.45) is 1.42. The molecule has 0 bridgehead atoms. The van der Waals surface area contributed by atoms with Crippen molar-refractivity contribution in [2.75, 3.05) is 5.43 Å². The van der Waals surface area contributed by atoms with Crippen LogP contribution in [0.15, 0.2) is 68.6 Å². The van der Waals surface area contributed by atoms with E-state index in [1.165, 1.54) is 0 Å². The van der Waals surface area contributed by atoms with Crippen LogP contribution in [-0.2, 0) is 6.42 Å². The summed E-state index contributed by atoms with van der Waals surface area (Å²) in [5.41, 5.74) is 11.6. The molecule has 0 unspecified atom stereocenters. The normalized spacial score (nSPS) is 15.6. The van der Waals surface area contributed by atoms with Crippen molar-refractivity contribution in [3.8, 4) is 0 Å². The largest absolute Gasteiger partial charge is 0.455 e. The number of hydrazine groups is 1. The van der Waals surface area contributed by atoms with Crippen LogP contribution in [0.25, 0.3) is 0 Å². The number of amides is 2. The first-order valence-electron chi connectivity index (χ1n) is 10.6. The van der Waals surface area contributed by atoms with Gasteiger partial charge in [-0.2, -0.15) is 5.10 Å². The molecule has 33 heavy (non-hydrogen) atoms. The zero-order valence-electron chi connectivity index (χ0n) is 18.7. The van der Waals surface area contributed by atoms with Gasteiger partial charge in [-0.05, 0) is 55.2 Å². The topological polar surface area (TPSA) is 95.7 Å². The summed E-state index contributed by atoms with van der Waals surface area (Å²) in [6.45, 7) is 6.12. The molecule has 170 valence electrons. The van der Waals surface area contributed by atoms with Crippen LogP contribution in [-0.4, -0.2) is 17.5 Å². The Balaban J connectivity index is 1.55. The molecule has 7 nitrogen and oxygen atoms in total. The monoisotopic (exact) mass is 508 g/mol. The molecule has 1 heterocycles. The average Bonchev–Trinajstić information content (AvgIpc) is 3.11. The van der Waals surface area contributed by atoms with Crippen molar-refractivity contribution in [2.45, 2.75) is 33.6 Å². The van der Waals surface area contributed by atoms with E-state index in [0.717, 1.165) is 33.6 Å². The van der Waals surface area contributed by atoms with Crippen LogP contribution in [0.2, 0.25) is 0 Å². The highest BCUT2D eigenvalue weighted by molar-refractivity contribution is 9.10. The minimum absolute atomic E-state index is 0.0714. The van der Waals surface area contributed by atoms with Crippen LogP contribution < -0.4 is 16.3 Å². The number of anilines is 1. The molecule has 2 amide bonds. The number of fused-ring (bicyclic) bond motifs is 1. The lowest BCUT2D eigenvalue weighted by Crippen LogP contribution is -2.41. The maximum absolute atomic E-state index is 12.8. The Labute approximate surface area is 200 Å². The molecule has 0 spiro atoms. The van der Waals surface area contributed by atoms with E-state index >= 15 is 0 Å². The van der Waals surface area contributed by atoms with Crippen LogP contribution >= 0.6 is 15.9 Å². The number of carbonyl (C=O) groups is 2. The van der Waals surface area contributed by atoms with Crippen LogP contribution in [0.4, 0.5) is 5.69 Å². The second kappa shape index (κ2) is 9.23. The number of benzene rings is 2. The number of hydrogen-bond acceptors (Lipinski definition) is 5. The Morgan fingerprint density at radius 3 is 2.33 bits per heavy atom. The van der Waals surface area contributed by atoms with E-state index in [0.29, 0.717) is 17.5 Å². The van der Waals surface area contributed by atoms with Gasteiger partial charge < -0.3 is 4.42 Å². The molecular weight excluding hydrogens is 484 g/mol. The van der Waals surface area contributed by atoms with E-state index in [-0.39, 0.29) is 11.2 Å². The summed E-state index contributed by atoms with van der Waals surface area (Å²) >= 11 is 3.33. The van der Waals surface area contributed by atoms with Crippen molar-refractivity contribution in [3.05, 3.63) is 87.3 Å². The van der Waals surface area contributed by atoms with Crippen LogP contribution in [0, 0.1) is 12.3 Å². The van der Waals surface area contributed by atoms with Crippen molar-refractivity contribution >= 4 is 39.1 Å². The zero-order valence-corrected chi connectivity index (χ0v) is 20.2. The van der Waals surface area contributed by atoms with E-state index in [9.17, 15) is 9.59 Å². The Morgan fingerprint density at radius 2 is 1.64 bits per heavy atom. The molecule has 0 saturated carbocycles. The smallest absolute Gasteiger partial charge is 0.305 e. The fourth-order valence-corrected chi connectivity index (χ4v) is 4.18. The summed E-state index contributed by atoms with van der Waals surface area (Å²) < 4.78 is 6.86. The lowest BCUT2D eigenvalue weighted by Gasteiger charge is -2.29. The van der Waals surface area contributed by atoms with Gasteiger partial charge in [0.05, 0.1) is 11.4 Å². The number of carbonyl (C=O) groups excluding carboxylic acids is 2. The van der Waals surface area contributed by atoms with Crippen LogP contribution in [0.5, 0.6) is 0 Å². The van der Waals surface area contributed by atoms with Gasteiger partial charge in [-0.25, -0.2) is 0 Å². The maximum Gasteiger partial charge on any atom is 0.305 e. The van der Waals surface area contributed by atoms with Crippen molar-refractivity contribution in [1.29, 1.82) is 0 Å². The third-order valence-corrected chi connectivity index (χ3v) is 6.02. The van der Waals surface area contributed by atoms with Crippen LogP contribution in [0.3, 0.4) is 0 Å². The lowest BCUT2D eigenvalue weighted by atomic mass is 9.75. The second-order valence-electron chi connectivity index (χ2n) is 8.82. The van der Waals surface area contributed by atoms with Crippen molar-refractivity contribution < 1.29 is 14.0 Å². The Bertz CT molecular complexity index is 1210. The highest BCUT2D eigenvalue weighted by Gasteiger charge is 2.36. The number of halogens is 1. The fraction of sp³-hybridized carbons (Fsp3) is 0.240. The molecule has 4 rings (SSSR count). The van der Waals surface area contributed by atoms with Gasteiger partial charge in [0, 0.05) is 27.6 Å². The van der Waals surface area contributed by atoms with E-state index in [1.807, 2.05) is 37.3 Å². The number of hydrazone groups is 1. The molecule has 1 aromatic heterocycles. The van der Waals surface area contributed by atoms with Gasteiger partial charge in [-0.15, -0.1) is 0 Å². The molecule has 0 radical (unpaired) electrons. The highest BCUT2D eigenvalue weighted by Crippen LogP contribution is 2.39. The third kappa shape index (κ3) is 5.17. The van der Waals surface area contributed by atoms with Crippen molar-refractivity contribution in [3.63, 3.8) is 0 Å². The van der Waals surface area contributed by atoms with Gasteiger partial charge in [-0.1, -0.05) is 48.0 Å². The molecule has 1 aliphatic carbocycles. The second-order valence-corrected chi connectivity index (χ2v) is 9.74. The van der Waals surface area contributed by atoms with Gasteiger partial charge in [0.25, 0.3) is 5.91 Å². The molecule has 2 aromatic carbocycles. The Kier molecular flexibility index (Phi) is 6.37. The first-order chi connectivity index (χ1) is 15.7. The molecule has 8 heteroatoms. The van der Waals surface area contributed by atoms with E-state index < -0.39 is 11.8 Å². The van der Waals surface area contributed by atoms with E-state index in [4.69, 9.17) is 4.42 Å². The van der Waals surface area contributed by atoms with E-state index in [2.05, 4.69) is 51.2 Å². The third-order valence-electron chi connectivity index (χ3n) is 5.49. The summed E-state index contributed by atoms with van der Waals surface area (Å²) in [6, 6.07) is 16.5. The number of nitrogens with zero attached hydrogens (tertiary/aromatic N) is 1. The molecule has 0 saturated heterocycles. The number of nitrogens with one attached hydrogen (secondary N) is 3. The predicted molar refractivity (Wildman–Crippen MR) is 131 cm³/mol. The summed E-state index contributed by atoms with van der Waals surface area (Å²) in [5.74, 6) is -0.0382. The molecule has 1 aliphatic rings. The minimum atomic E-state index is -0.513. The first kappa shape index (κ1) is 22.8. The van der Waals surface area contributed by atoms with Crippen LogP contribution in [0.1, 0.15) is 58.1 Å². The van der Waals surface area contributed by atoms with Gasteiger partial charge in [-0.3, -0.25) is 25.9 Å². The summed E-state index contributed by atoms with van der Waals surface area (Å²) in [7, 11) is 0. The Morgan fingerprint density at radius 1 is 0.970 bits per heavy atom. The Hall–Kier alpha value is -3.39. The maximum atomic E-state index is 12.8. The summed E-state index contributed by atoms with van der Waals surface area (Å²) in [4.78, 5) is 25.2. The zero-order chi connectivity index (χ0) is 23.6. The van der Waals surface area contributed by atoms with Crippen molar-refractivity contribution in [1.82, 2.24) is 10.9 Å². The molecule has 0 aliphatic heterocycles. The number of rotatable bonds is 4. The number of para-hydroxylation sites is 1. The quantitative estimate of drug-likeness (QED) is 0.421. The van der Waals surface area contributed by atoms with E-state index in [1.54, 1.807) is 24.3 Å². The fourth-order valence-electron chi connectivity index (χ4n) is 3.91. The molecule has 0 atom stereocenters. The molecular formula is C25H25BrN4O3. The average molecular weight is 509 g/mol. The lowest BCUT2D eigenvalue weighted by molar-refractivity contribution is 0.0828. The molecule has 3 N–H and O–H groups in total.